The summed E-state index contributed by atoms with van der Waals surface area (Å²) in [5.74, 6) is -0.985. The molecule has 4 N–H and O–H groups in total. The van der Waals surface area contributed by atoms with Gasteiger partial charge in [-0.3, -0.25) is 19.2 Å². The minimum Gasteiger partial charge on any atom is -0.481 e. The average molecular weight is 483 g/mol. The first kappa shape index (κ1) is 24.3. The Bertz CT molecular complexity index is 1060. The minimum atomic E-state index is -4.78. The van der Waals surface area contributed by atoms with Crippen LogP contribution in [0.1, 0.15) is 37.4 Å². The number of nitrogens with one attached hydrogen (secondary N) is 2. The van der Waals surface area contributed by atoms with Crippen LogP contribution in [0, 0.1) is 5.92 Å². The van der Waals surface area contributed by atoms with Gasteiger partial charge in [0.25, 0.3) is 0 Å². The molecule has 1 unspecified atom stereocenters. The fraction of sp³-hybridized carbons (Fsp3) is 0.591. The summed E-state index contributed by atoms with van der Waals surface area (Å²) in [7, 11) is 1.64. The number of aliphatic hydroxyl groups excluding tert-OH is 1. The van der Waals surface area contributed by atoms with Gasteiger partial charge in [0.2, 0.25) is 5.91 Å². The summed E-state index contributed by atoms with van der Waals surface area (Å²) in [6, 6.07) is 4.23. The molecule has 186 valence electrons. The lowest BCUT2D eigenvalue weighted by atomic mass is 9.84. The van der Waals surface area contributed by atoms with E-state index >= 15 is 0 Å². The largest absolute Gasteiger partial charge is 0.481 e. The number of carbonyl (C=O) groups excluding carboxylic acids is 1. The van der Waals surface area contributed by atoms with Crippen LogP contribution < -0.4 is 10.6 Å². The number of aryl methyl sites for hydroxylation is 1. The van der Waals surface area contributed by atoms with Crippen molar-refractivity contribution in [1.29, 1.82) is 0 Å². The van der Waals surface area contributed by atoms with E-state index in [0.717, 1.165) is 12.8 Å². The maximum atomic E-state index is 12.9. The van der Waals surface area contributed by atoms with Crippen molar-refractivity contribution in [2.75, 3.05) is 25.0 Å². The third kappa shape index (κ3) is 5.12. The van der Waals surface area contributed by atoms with Crippen molar-refractivity contribution in [3.05, 3.63) is 23.8 Å². The Kier molecular flexibility index (Phi) is 6.72. The zero-order valence-electron chi connectivity index (χ0n) is 18.7. The van der Waals surface area contributed by atoms with Crippen LogP contribution in [-0.2, 0) is 16.6 Å². The number of anilines is 1. The number of nitrogens with zero attached hydrogens (tertiary/aromatic N) is 3. The average Bonchev–Trinajstić information content (AvgIpc) is 3.08. The fourth-order valence-electron chi connectivity index (χ4n) is 4.81. The first-order chi connectivity index (χ1) is 16.0. The van der Waals surface area contributed by atoms with Gasteiger partial charge in [-0.25, -0.2) is 0 Å². The number of benzene rings is 1. The Morgan fingerprint density at radius 1 is 1.21 bits per heavy atom. The number of rotatable bonds is 7. The molecule has 9 nitrogen and oxygen atoms in total. The van der Waals surface area contributed by atoms with Gasteiger partial charge in [-0.1, -0.05) is 6.07 Å². The number of alkyl halides is 3. The Balaban J connectivity index is 1.28. The molecule has 1 aromatic heterocycles. The number of amides is 1. The van der Waals surface area contributed by atoms with E-state index in [-0.39, 0.29) is 35.8 Å². The van der Waals surface area contributed by atoms with Gasteiger partial charge in [0.1, 0.15) is 0 Å². The molecule has 1 aliphatic heterocycles. The van der Waals surface area contributed by atoms with E-state index in [1.165, 1.54) is 22.9 Å². The standard InChI is InChI=1S/C22H28F3N5O4/c1-29-17-7-4-13(19(32)22(23,24)25)8-16(17)20(28-29)26-9-18(31)27-14-10-30(11-14)15-5-2-12(3-6-15)21(33)34/h4,7-8,12,14-15,19,32H,2-3,5-6,9-11H2,1H3,(H,26,28)(H,27,31)(H,33,34). The highest BCUT2D eigenvalue weighted by Crippen LogP contribution is 2.35. The van der Waals surface area contributed by atoms with Crippen LogP contribution >= 0.6 is 0 Å². The molecule has 1 saturated carbocycles. The molecule has 1 amide bonds. The van der Waals surface area contributed by atoms with E-state index < -0.39 is 18.2 Å². The fourth-order valence-corrected chi connectivity index (χ4v) is 4.81. The van der Waals surface area contributed by atoms with Crippen LogP contribution in [-0.4, -0.2) is 74.7 Å². The monoisotopic (exact) mass is 483 g/mol. The molecule has 0 bridgehead atoms. The Hall–Kier alpha value is -2.86. The smallest absolute Gasteiger partial charge is 0.418 e. The Morgan fingerprint density at radius 2 is 1.88 bits per heavy atom. The summed E-state index contributed by atoms with van der Waals surface area (Å²) in [5, 5.41) is 29.1. The first-order valence-electron chi connectivity index (χ1n) is 11.2. The number of carboxylic acids is 1. The summed E-state index contributed by atoms with van der Waals surface area (Å²) in [4.78, 5) is 25.7. The van der Waals surface area contributed by atoms with Crippen molar-refractivity contribution >= 4 is 28.6 Å². The lowest BCUT2D eigenvalue weighted by Gasteiger charge is -2.46. The van der Waals surface area contributed by atoms with Gasteiger partial charge < -0.3 is 20.8 Å². The number of aromatic nitrogens is 2. The van der Waals surface area contributed by atoms with Gasteiger partial charge in [-0.05, 0) is 43.4 Å². The third-order valence-electron chi connectivity index (χ3n) is 6.75. The molecule has 0 radical (unpaired) electrons. The van der Waals surface area contributed by atoms with Crippen LogP contribution in [0.25, 0.3) is 10.9 Å². The first-order valence-corrected chi connectivity index (χ1v) is 11.2. The summed E-state index contributed by atoms with van der Waals surface area (Å²) < 4.78 is 40.1. The highest BCUT2D eigenvalue weighted by molar-refractivity contribution is 5.92. The molecule has 1 aliphatic carbocycles. The Labute approximate surface area is 193 Å². The van der Waals surface area contributed by atoms with Crippen molar-refractivity contribution < 1.29 is 33.0 Å². The predicted octanol–water partition coefficient (Wildman–Crippen LogP) is 2.02. The molecule has 2 aliphatic rings. The molecule has 2 fully saturated rings. The molecule has 2 aromatic rings. The van der Waals surface area contributed by atoms with Gasteiger partial charge >= 0.3 is 12.1 Å². The van der Waals surface area contributed by atoms with E-state index in [1.807, 2.05) is 0 Å². The summed E-state index contributed by atoms with van der Waals surface area (Å²) >= 11 is 0. The third-order valence-corrected chi connectivity index (χ3v) is 6.75. The van der Waals surface area contributed by atoms with Crippen LogP contribution in [0.4, 0.5) is 19.0 Å². The molecular weight excluding hydrogens is 455 g/mol. The van der Waals surface area contributed by atoms with Crippen LogP contribution in [0.2, 0.25) is 0 Å². The Morgan fingerprint density at radius 3 is 2.50 bits per heavy atom. The summed E-state index contributed by atoms with van der Waals surface area (Å²) in [6.45, 7) is 1.32. The van der Waals surface area contributed by atoms with E-state index in [2.05, 4.69) is 20.6 Å². The predicted molar refractivity (Wildman–Crippen MR) is 117 cm³/mol. The number of aliphatic hydroxyl groups is 1. The zero-order chi connectivity index (χ0) is 24.6. The van der Waals surface area contributed by atoms with Crippen molar-refractivity contribution in [3.8, 4) is 0 Å². The molecule has 34 heavy (non-hydrogen) atoms. The normalized spacial score (nSPS) is 22.9. The van der Waals surface area contributed by atoms with Crippen molar-refractivity contribution in [1.82, 2.24) is 20.0 Å². The molecular formula is C22H28F3N5O4. The molecule has 0 spiro atoms. The minimum absolute atomic E-state index is 0.000472. The molecule has 4 rings (SSSR count). The van der Waals surface area contributed by atoms with Crippen molar-refractivity contribution in [3.63, 3.8) is 0 Å². The van der Waals surface area contributed by atoms with Gasteiger partial charge in [0.05, 0.1) is 24.0 Å². The van der Waals surface area contributed by atoms with E-state index in [4.69, 9.17) is 5.11 Å². The summed E-state index contributed by atoms with van der Waals surface area (Å²) in [6.07, 6.45) is -4.34. The van der Waals surface area contributed by atoms with Crippen LogP contribution in [0.5, 0.6) is 0 Å². The summed E-state index contributed by atoms with van der Waals surface area (Å²) in [5.41, 5.74) is 0.265. The highest BCUT2D eigenvalue weighted by Gasteiger charge is 2.39. The van der Waals surface area contributed by atoms with Crippen LogP contribution in [0.15, 0.2) is 18.2 Å². The number of hydrogen-bond acceptors (Lipinski definition) is 6. The SMILES string of the molecule is Cn1nc(NCC(=O)NC2CN(C3CCC(C(=O)O)CC3)C2)c2cc(C(O)C(F)(F)F)ccc21. The number of halogens is 3. The number of carboxylic acid groups (broad SMARTS) is 1. The molecule has 1 saturated heterocycles. The lowest BCUT2D eigenvalue weighted by molar-refractivity contribution is -0.206. The molecule has 2 heterocycles. The van der Waals surface area contributed by atoms with Gasteiger partial charge in [-0.15, -0.1) is 0 Å². The van der Waals surface area contributed by atoms with E-state index in [9.17, 15) is 27.9 Å². The van der Waals surface area contributed by atoms with Gasteiger partial charge in [0.15, 0.2) is 11.9 Å². The van der Waals surface area contributed by atoms with Gasteiger partial charge in [0, 0.05) is 31.6 Å². The zero-order valence-corrected chi connectivity index (χ0v) is 18.7. The van der Waals surface area contributed by atoms with E-state index in [0.29, 0.717) is 42.9 Å². The second-order valence-electron chi connectivity index (χ2n) is 9.11. The van der Waals surface area contributed by atoms with Crippen LogP contribution in [0.3, 0.4) is 0 Å². The quantitative estimate of drug-likeness (QED) is 0.476. The molecule has 1 aromatic carbocycles. The number of carbonyl (C=O) groups is 2. The second kappa shape index (κ2) is 9.41. The van der Waals surface area contributed by atoms with Gasteiger partial charge in [-0.2, -0.15) is 18.3 Å². The topological polar surface area (TPSA) is 120 Å². The number of fused-ring (bicyclic) bond motifs is 1. The maximum Gasteiger partial charge on any atom is 0.418 e. The molecule has 1 atom stereocenters. The number of aliphatic carboxylic acids is 1. The molecule has 12 heteroatoms. The van der Waals surface area contributed by atoms with E-state index in [1.54, 1.807) is 7.05 Å². The van der Waals surface area contributed by atoms with Crippen molar-refractivity contribution in [2.45, 2.75) is 50.0 Å². The number of hydrogen-bond donors (Lipinski definition) is 4. The lowest BCUT2D eigenvalue weighted by Crippen LogP contribution is -2.63. The maximum absolute atomic E-state index is 12.9. The second-order valence-corrected chi connectivity index (χ2v) is 9.11. The highest BCUT2D eigenvalue weighted by atomic mass is 19.4. The number of likely N-dealkylation sites (tertiary alicyclic amines) is 1. The van der Waals surface area contributed by atoms with Crippen molar-refractivity contribution in [2.24, 2.45) is 13.0 Å².